The molecule has 0 saturated carbocycles. The van der Waals surface area contributed by atoms with E-state index in [1.807, 2.05) is 0 Å². The molecule has 0 aliphatic carbocycles. The minimum Gasteiger partial charge on any atom is -0.379 e. The van der Waals surface area contributed by atoms with Gasteiger partial charge in [-0.1, -0.05) is 0 Å². The van der Waals surface area contributed by atoms with Gasteiger partial charge in [0.1, 0.15) is 6.10 Å². The molecule has 2 heterocycles. The predicted molar refractivity (Wildman–Crippen MR) is 93.0 cm³/mol. The smallest absolute Gasteiger partial charge is 0.251 e. The number of aliphatic imine (C=N–C) groups is 1. The Morgan fingerprint density at radius 1 is 1.33 bits per heavy atom. The lowest BCUT2D eigenvalue weighted by molar-refractivity contribution is -0.140. The van der Waals surface area contributed by atoms with Gasteiger partial charge in [0.05, 0.1) is 25.9 Å². The summed E-state index contributed by atoms with van der Waals surface area (Å²) in [5.41, 5.74) is 5.89. The van der Waals surface area contributed by atoms with Gasteiger partial charge in [0, 0.05) is 33.7 Å². The lowest BCUT2D eigenvalue weighted by Gasteiger charge is -2.26. The Bertz CT molecular complexity index is 424. The number of carbonyl (C=O) groups excluding carboxylic acids is 1. The average molecular weight is 341 g/mol. The third kappa shape index (κ3) is 6.26. The van der Waals surface area contributed by atoms with E-state index < -0.39 is 0 Å². The van der Waals surface area contributed by atoms with Crippen molar-refractivity contribution >= 4 is 11.9 Å². The van der Waals surface area contributed by atoms with Crippen molar-refractivity contribution in [3.05, 3.63) is 0 Å². The standard InChI is InChI=1S/C16H31N5O3/c1-20(2)15(22)14-5-4-13(24-14)12-19-16(17)18-6-3-7-21-8-10-23-11-9-21/h13-14H,3-12H2,1-2H3,(H3,17,18,19). The van der Waals surface area contributed by atoms with Gasteiger partial charge in [-0.25, -0.2) is 0 Å². The molecule has 1 amide bonds. The van der Waals surface area contributed by atoms with E-state index in [9.17, 15) is 4.79 Å². The van der Waals surface area contributed by atoms with Crippen LogP contribution in [0.15, 0.2) is 4.99 Å². The molecule has 2 saturated heterocycles. The summed E-state index contributed by atoms with van der Waals surface area (Å²) in [4.78, 5) is 20.1. The number of amides is 1. The number of nitrogens with zero attached hydrogens (tertiary/aromatic N) is 3. The Morgan fingerprint density at radius 3 is 2.79 bits per heavy atom. The fourth-order valence-corrected chi connectivity index (χ4v) is 2.91. The maximum atomic E-state index is 11.8. The summed E-state index contributed by atoms with van der Waals surface area (Å²) < 4.78 is 11.1. The third-order valence-electron chi connectivity index (χ3n) is 4.35. The van der Waals surface area contributed by atoms with Crippen LogP contribution in [0.3, 0.4) is 0 Å². The molecule has 24 heavy (non-hydrogen) atoms. The number of likely N-dealkylation sites (N-methyl/N-ethyl adjacent to an activating group) is 1. The summed E-state index contributed by atoms with van der Waals surface area (Å²) >= 11 is 0. The first kappa shape index (κ1) is 19.0. The third-order valence-corrected chi connectivity index (χ3v) is 4.35. The molecule has 8 nitrogen and oxygen atoms in total. The second-order valence-electron chi connectivity index (χ2n) is 6.52. The zero-order valence-electron chi connectivity index (χ0n) is 14.9. The maximum Gasteiger partial charge on any atom is 0.251 e. The van der Waals surface area contributed by atoms with Crippen LogP contribution in [-0.2, 0) is 14.3 Å². The highest BCUT2D eigenvalue weighted by molar-refractivity contribution is 5.80. The Balaban J connectivity index is 1.57. The average Bonchev–Trinajstić information content (AvgIpc) is 3.06. The van der Waals surface area contributed by atoms with Crippen molar-refractivity contribution in [1.82, 2.24) is 15.1 Å². The molecule has 2 rings (SSSR count). The monoisotopic (exact) mass is 341 g/mol. The van der Waals surface area contributed by atoms with E-state index in [-0.39, 0.29) is 18.1 Å². The van der Waals surface area contributed by atoms with Crippen molar-refractivity contribution < 1.29 is 14.3 Å². The molecular formula is C16H31N5O3. The number of hydrogen-bond donors (Lipinski definition) is 2. The first-order valence-electron chi connectivity index (χ1n) is 8.77. The number of guanidine groups is 1. The Kier molecular flexibility index (Phi) is 7.74. The second kappa shape index (κ2) is 9.80. The molecule has 2 unspecified atom stereocenters. The van der Waals surface area contributed by atoms with E-state index in [0.29, 0.717) is 12.5 Å². The Morgan fingerprint density at radius 2 is 2.08 bits per heavy atom. The van der Waals surface area contributed by atoms with Crippen molar-refractivity contribution in [2.24, 2.45) is 10.7 Å². The molecule has 0 bridgehead atoms. The fraction of sp³-hybridized carbons (Fsp3) is 0.875. The fourth-order valence-electron chi connectivity index (χ4n) is 2.91. The molecule has 2 fully saturated rings. The molecule has 0 spiro atoms. The van der Waals surface area contributed by atoms with Gasteiger partial charge in [-0.3, -0.25) is 14.7 Å². The van der Waals surface area contributed by atoms with E-state index >= 15 is 0 Å². The van der Waals surface area contributed by atoms with Gasteiger partial charge >= 0.3 is 0 Å². The SMILES string of the molecule is CN(C)C(=O)C1CCC(CN=C(N)NCCCN2CCOCC2)O1. The van der Waals surface area contributed by atoms with Crippen LogP contribution >= 0.6 is 0 Å². The number of ether oxygens (including phenoxy) is 2. The minimum atomic E-state index is -0.331. The zero-order valence-corrected chi connectivity index (χ0v) is 14.9. The highest BCUT2D eigenvalue weighted by atomic mass is 16.5. The second-order valence-corrected chi connectivity index (χ2v) is 6.52. The van der Waals surface area contributed by atoms with Crippen molar-refractivity contribution in [2.45, 2.75) is 31.5 Å². The molecule has 0 radical (unpaired) electrons. The van der Waals surface area contributed by atoms with E-state index in [1.165, 1.54) is 0 Å². The number of morpholine rings is 1. The molecule has 0 aromatic carbocycles. The van der Waals surface area contributed by atoms with Crippen molar-refractivity contribution in [1.29, 1.82) is 0 Å². The van der Waals surface area contributed by atoms with Gasteiger partial charge in [-0.2, -0.15) is 0 Å². The highest BCUT2D eigenvalue weighted by Crippen LogP contribution is 2.21. The van der Waals surface area contributed by atoms with Gasteiger partial charge < -0.3 is 25.4 Å². The van der Waals surface area contributed by atoms with Crippen LogP contribution in [0.4, 0.5) is 0 Å². The normalized spacial score (nSPS) is 25.7. The largest absolute Gasteiger partial charge is 0.379 e. The molecule has 3 N–H and O–H groups in total. The topological polar surface area (TPSA) is 92.4 Å². The van der Waals surface area contributed by atoms with E-state index in [1.54, 1.807) is 19.0 Å². The highest BCUT2D eigenvalue weighted by Gasteiger charge is 2.31. The van der Waals surface area contributed by atoms with Crippen LogP contribution in [0.2, 0.25) is 0 Å². The van der Waals surface area contributed by atoms with Gasteiger partial charge in [-0.15, -0.1) is 0 Å². The van der Waals surface area contributed by atoms with Gasteiger partial charge in [0.2, 0.25) is 0 Å². The molecule has 8 heteroatoms. The first-order chi connectivity index (χ1) is 11.6. The van der Waals surface area contributed by atoms with Gasteiger partial charge in [-0.05, 0) is 25.8 Å². The van der Waals surface area contributed by atoms with E-state index in [0.717, 1.165) is 58.7 Å². The Labute approximate surface area is 144 Å². The number of nitrogens with one attached hydrogen (secondary N) is 1. The molecule has 2 aliphatic heterocycles. The first-order valence-corrected chi connectivity index (χ1v) is 8.77. The molecular weight excluding hydrogens is 310 g/mol. The van der Waals surface area contributed by atoms with Crippen LogP contribution in [0.1, 0.15) is 19.3 Å². The molecule has 138 valence electrons. The molecule has 0 aromatic heterocycles. The number of nitrogens with two attached hydrogens (primary N) is 1. The summed E-state index contributed by atoms with van der Waals surface area (Å²) in [6, 6.07) is 0. The lowest BCUT2D eigenvalue weighted by Crippen LogP contribution is -2.39. The Hall–Kier alpha value is -1.38. The van der Waals surface area contributed by atoms with Crippen molar-refractivity contribution in [3.8, 4) is 0 Å². The van der Waals surface area contributed by atoms with Crippen molar-refractivity contribution in [3.63, 3.8) is 0 Å². The quantitative estimate of drug-likeness (QED) is 0.360. The predicted octanol–water partition coefficient (Wildman–Crippen LogP) is -0.751. The van der Waals surface area contributed by atoms with Crippen LogP contribution < -0.4 is 11.1 Å². The number of carbonyl (C=O) groups is 1. The summed E-state index contributed by atoms with van der Waals surface area (Å²) in [5, 5.41) is 3.14. The zero-order chi connectivity index (χ0) is 17.4. The van der Waals surface area contributed by atoms with Crippen LogP contribution in [-0.4, -0.2) is 93.9 Å². The summed E-state index contributed by atoms with van der Waals surface area (Å²) in [6.07, 6.45) is 2.27. The van der Waals surface area contributed by atoms with Gasteiger partial charge in [0.15, 0.2) is 5.96 Å². The lowest BCUT2D eigenvalue weighted by atomic mass is 10.2. The van der Waals surface area contributed by atoms with Crippen LogP contribution in [0.25, 0.3) is 0 Å². The summed E-state index contributed by atoms with van der Waals surface area (Å²) in [7, 11) is 3.49. The van der Waals surface area contributed by atoms with Crippen molar-refractivity contribution in [2.75, 3.05) is 60.0 Å². The van der Waals surface area contributed by atoms with E-state index in [4.69, 9.17) is 15.2 Å². The number of hydrogen-bond acceptors (Lipinski definition) is 5. The number of rotatable bonds is 7. The summed E-state index contributed by atoms with van der Waals surface area (Å²) in [5.74, 6) is 0.471. The van der Waals surface area contributed by atoms with Crippen LogP contribution in [0.5, 0.6) is 0 Å². The summed E-state index contributed by atoms with van der Waals surface area (Å²) in [6.45, 7) is 6.03. The molecule has 0 aromatic rings. The van der Waals surface area contributed by atoms with Crippen LogP contribution in [0, 0.1) is 0 Å². The maximum absolute atomic E-state index is 11.8. The molecule has 2 atom stereocenters. The van der Waals surface area contributed by atoms with Gasteiger partial charge in [0.25, 0.3) is 5.91 Å². The minimum absolute atomic E-state index is 0.0207. The molecule has 2 aliphatic rings. The van der Waals surface area contributed by atoms with E-state index in [2.05, 4.69) is 15.2 Å².